The van der Waals surface area contributed by atoms with Crippen LogP contribution in [0.4, 0.5) is 22.0 Å². The summed E-state index contributed by atoms with van der Waals surface area (Å²) in [5.41, 5.74) is -0.598. The van der Waals surface area contributed by atoms with Crippen LogP contribution >= 0.6 is 0 Å². The van der Waals surface area contributed by atoms with Gasteiger partial charge in [-0.2, -0.15) is 22.0 Å². The molecule has 0 N–H and O–H groups in total. The average Bonchev–Trinajstić information content (AvgIpc) is 2.43. The van der Waals surface area contributed by atoms with Crippen molar-refractivity contribution in [1.82, 2.24) is 0 Å². The van der Waals surface area contributed by atoms with Gasteiger partial charge in [0, 0.05) is 12.0 Å². The van der Waals surface area contributed by atoms with E-state index in [-0.39, 0.29) is 0 Å². The van der Waals surface area contributed by atoms with Crippen LogP contribution in [0.25, 0.3) is 0 Å². The molecule has 152 valence electrons. The lowest BCUT2D eigenvalue weighted by Crippen LogP contribution is -2.58. The SMILES string of the molecule is C=C(C)C(=O)OC(OCCC(F)(F)S(=O)(=O)[O-])(C(=O)OCC)C(F)(F)F. The first kappa shape index (κ1) is 24.2. The number of esters is 2. The third-order valence-electron chi connectivity index (χ3n) is 2.57. The van der Waals surface area contributed by atoms with Crippen molar-refractivity contribution in [2.45, 2.75) is 37.5 Å². The molecule has 14 heteroatoms. The Morgan fingerprint density at radius 3 is 2.00 bits per heavy atom. The molecule has 0 saturated heterocycles. The summed E-state index contributed by atoms with van der Waals surface area (Å²) < 4.78 is 109. The van der Waals surface area contributed by atoms with E-state index in [0.29, 0.717) is 0 Å². The van der Waals surface area contributed by atoms with Crippen LogP contribution in [-0.2, 0) is 33.9 Å². The van der Waals surface area contributed by atoms with E-state index >= 15 is 0 Å². The lowest BCUT2D eigenvalue weighted by atomic mass is 10.2. The standard InChI is InChI=1S/C12H15F5O8S/c1-4-23-9(19)11(12(15,16)17,25-8(18)7(2)3)24-6-5-10(13,14)26(20,21)22/h2,4-6H2,1,3H3,(H,20,21,22)/p-1. The smallest absolute Gasteiger partial charge is 0.468 e. The predicted octanol–water partition coefficient (Wildman–Crippen LogP) is 1.47. The number of ether oxygens (including phenoxy) is 3. The molecule has 0 spiro atoms. The number of hydrogen-bond acceptors (Lipinski definition) is 8. The molecule has 0 aliphatic rings. The zero-order valence-corrected chi connectivity index (χ0v) is 14.2. The Kier molecular flexibility index (Phi) is 7.69. The third-order valence-corrected chi connectivity index (χ3v) is 3.50. The lowest BCUT2D eigenvalue weighted by Gasteiger charge is -2.32. The summed E-state index contributed by atoms with van der Waals surface area (Å²) in [6.45, 7) is 2.58. The van der Waals surface area contributed by atoms with Gasteiger partial charge >= 0.3 is 29.2 Å². The molecule has 0 saturated carbocycles. The Labute approximate surface area is 144 Å². The average molecular weight is 413 g/mol. The molecule has 0 heterocycles. The Balaban J connectivity index is 5.79. The minimum absolute atomic E-state index is 0.598. The molecule has 0 radical (unpaired) electrons. The monoisotopic (exact) mass is 413 g/mol. The van der Waals surface area contributed by atoms with Crippen molar-refractivity contribution < 1.29 is 58.7 Å². The molecule has 0 aliphatic heterocycles. The number of alkyl halides is 5. The van der Waals surface area contributed by atoms with Gasteiger partial charge in [0.2, 0.25) is 0 Å². The molecule has 0 aromatic carbocycles. The number of rotatable bonds is 9. The van der Waals surface area contributed by atoms with E-state index in [0.717, 1.165) is 13.8 Å². The van der Waals surface area contributed by atoms with E-state index in [1.165, 1.54) is 0 Å². The van der Waals surface area contributed by atoms with Gasteiger partial charge in [0.1, 0.15) is 0 Å². The summed E-state index contributed by atoms with van der Waals surface area (Å²) in [7, 11) is -6.21. The molecule has 0 amide bonds. The molecule has 0 bridgehead atoms. The van der Waals surface area contributed by atoms with Crippen molar-refractivity contribution >= 4 is 22.1 Å². The summed E-state index contributed by atoms with van der Waals surface area (Å²) in [6, 6.07) is 0. The summed E-state index contributed by atoms with van der Waals surface area (Å²) in [5.74, 6) is -8.52. The van der Waals surface area contributed by atoms with Gasteiger partial charge in [-0.25, -0.2) is 18.0 Å². The van der Waals surface area contributed by atoms with Gasteiger partial charge in [-0.05, 0) is 13.8 Å². The minimum atomic E-state index is -6.21. The Morgan fingerprint density at radius 1 is 1.15 bits per heavy atom. The molecule has 0 aromatic rings. The number of hydrogen-bond donors (Lipinski definition) is 0. The van der Waals surface area contributed by atoms with Gasteiger partial charge in [-0.15, -0.1) is 0 Å². The summed E-state index contributed by atoms with van der Waals surface area (Å²) in [4.78, 5) is 23.1. The third kappa shape index (κ3) is 5.60. The first-order valence-electron chi connectivity index (χ1n) is 6.62. The Morgan fingerprint density at radius 2 is 1.65 bits per heavy atom. The fourth-order valence-electron chi connectivity index (χ4n) is 1.27. The normalized spacial score (nSPS) is 15.1. The molecular formula is C12H14F5O8S-. The molecular weight excluding hydrogens is 399 g/mol. The van der Waals surface area contributed by atoms with Crippen LogP contribution in [0.2, 0.25) is 0 Å². The van der Waals surface area contributed by atoms with Crippen LogP contribution in [0.1, 0.15) is 20.3 Å². The van der Waals surface area contributed by atoms with Gasteiger partial charge in [-0.3, -0.25) is 0 Å². The number of carbonyl (C=O) groups is 2. The molecule has 0 aliphatic carbocycles. The summed E-state index contributed by atoms with van der Waals surface area (Å²) in [6.07, 6.45) is -7.84. The largest absolute Gasteiger partial charge is 0.743 e. The van der Waals surface area contributed by atoms with E-state index in [1.54, 1.807) is 0 Å². The van der Waals surface area contributed by atoms with Crippen LogP contribution in [0, 0.1) is 0 Å². The fraction of sp³-hybridized carbons (Fsp3) is 0.667. The van der Waals surface area contributed by atoms with Crippen LogP contribution in [-0.4, -0.2) is 55.3 Å². The van der Waals surface area contributed by atoms with Crippen molar-refractivity contribution in [2.24, 2.45) is 0 Å². The first-order valence-corrected chi connectivity index (χ1v) is 8.02. The quantitative estimate of drug-likeness (QED) is 0.183. The highest BCUT2D eigenvalue weighted by Gasteiger charge is 2.68. The fourth-order valence-corrected chi connectivity index (χ4v) is 1.60. The topological polar surface area (TPSA) is 119 Å². The zero-order chi connectivity index (χ0) is 21.0. The Hall–Kier alpha value is -1.80. The van der Waals surface area contributed by atoms with Gasteiger partial charge < -0.3 is 18.8 Å². The van der Waals surface area contributed by atoms with Gasteiger partial charge in [0.25, 0.3) is 0 Å². The molecule has 1 atom stereocenters. The zero-order valence-electron chi connectivity index (χ0n) is 13.4. The van der Waals surface area contributed by atoms with Gasteiger partial charge in [0.15, 0.2) is 10.1 Å². The van der Waals surface area contributed by atoms with Crippen molar-refractivity contribution in [3.05, 3.63) is 12.2 Å². The Bertz CT molecular complexity index is 657. The second-order valence-corrected chi connectivity index (χ2v) is 6.20. The predicted molar refractivity (Wildman–Crippen MR) is 71.5 cm³/mol. The van der Waals surface area contributed by atoms with E-state index in [4.69, 9.17) is 0 Å². The second kappa shape index (κ2) is 8.26. The molecule has 26 heavy (non-hydrogen) atoms. The second-order valence-electron chi connectivity index (χ2n) is 4.69. The molecule has 0 aromatic heterocycles. The highest BCUT2D eigenvalue weighted by Crippen LogP contribution is 2.38. The van der Waals surface area contributed by atoms with Crippen molar-refractivity contribution in [3.63, 3.8) is 0 Å². The summed E-state index contributed by atoms with van der Waals surface area (Å²) in [5, 5.41) is -4.99. The molecule has 1 unspecified atom stereocenters. The van der Waals surface area contributed by atoms with Gasteiger partial charge in [-0.1, -0.05) is 6.58 Å². The van der Waals surface area contributed by atoms with Crippen LogP contribution in [0.3, 0.4) is 0 Å². The van der Waals surface area contributed by atoms with Crippen LogP contribution < -0.4 is 0 Å². The molecule has 8 nitrogen and oxygen atoms in total. The first-order chi connectivity index (χ1) is 11.5. The molecule has 0 fully saturated rings. The highest BCUT2D eigenvalue weighted by atomic mass is 32.2. The number of carbonyl (C=O) groups excluding carboxylic acids is 2. The lowest BCUT2D eigenvalue weighted by molar-refractivity contribution is -0.355. The highest BCUT2D eigenvalue weighted by molar-refractivity contribution is 7.86. The van der Waals surface area contributed by atoms with E-state index in [1.807, 2.05) is 0 Å². The van der Waals surface area contributed by atoms with Gasteiger partial charge in [0.05, 0.1) is 13.2 Å². The van der Waals surface area contributed by atoms with E-state index in [2.05, 4.69) is 20.8 Å². The van der Waals surface area contributed by atoms with Crippen molar-refractivity contribution in [3.8, 4) is 0 Å². The van der Waals surface area contributed by atoms with E-state index in [9.17, 15) is 44.5 Å². The maximum absolute atomic E-state index is 13.3. The maximum atomic E-state index is 13.3. The number of halogens is 5. The maximum Gasteiger partial charge on any atom is 0.468 e. The van der Waals surface area contributed by atoms with Crippen LogP contribution in [0.5, 0.6) is 0 Å². The van der Waals surface area contributed by atoms with Crippen molar-refractivity contribution in [2.75, 3.05) is 13.2 Å². The van der Waals surface area contributed by atoms with Crippen LogP contribution in [0.15, 0.2) is 12.2 Å². The van der Waals surface area contributed by atoms with Crippen molar-refractivity contribution in [1.29, 1.82) is 0 Å². The molecule has 0 rings (SSSR count). The summed E-state index contributed by atoms with van der Waals surface area (Å²) >= 11 is 0. The van der Waals surface area contributed by atoms with E-state index < -0.39 is 64.5 Å². The minimum Gasteiger partial charge on any atom is -0.743 e.